The summed E-state index contributed by atoms with van der Waals surface area (Å²) < 4.78 is 37.6. The van der Waals surface area contributed by atoms with Crippen molar-refractivity contribution in [3.05, 3.63) is 0 Å². The molecule has 2 rings (SSSR count). The molecule has 2 saturated heterocycles. The summed E-state index contributed by atoms with van der Waals surface area (Å²) in [5, 5.41) is 2.59. The third-order valence-electron chi connectivity index (χ3n) is 3.40. The van der Waals surface area contributed by atoms with Crippen molar-refractivity contribution in [1.82, 2.24) is 10.2 Å². The summed E-state index contributed by atoms with van der Waals surface area (Å²) in [5.74, 6) is -0.0310. The lowest BCUT2D eigenvalue weighted by Crippen LogP contribution is -2.43. The Morgan fingerprint density at radius 1 is 1.36 bits per heavy atom. The Bertz CT molecular complexity index is 217. The van der Waals surface area contributed by atoms with Crippen LogP contribution in [-0.2, 0) is 0 Å². The van der Waals surface area contributed by atoms with Crippen LogP contribution < -0.4 is 5.32 Å². The third-order valence-corrected chi connectivity index (χ3v) is 3.40. The Balaban J connectivity index is 2.05. The number of alkyl halides is 3. The van der Waals surface area contributed by atoms with Gasteiger partial charge in [-0.3, -0.25) is 0 Å². The molecule has 0 radical (unpaired) electrons. The Kier molecular flexibility index (Phi) is 2.47. The zero-order valence-corrected chi connectivity index (χ0v) is 8.14. The second-order valence-electron chi connectivity index (χ2n) is 4.20. The minimum absolute atomic E-state index is 0.196. The van der Waals surface area contributed by atoms with Crippen LogP contribution in [-0.4, -0.2) is 43.3 Å². The normalized spacial score (nSPS) is 39.0. The number of nitrogens with zero attached hydrogens (tertiary/aromatic N) is 1. The molecule has 0 aromatic carbocycles. The number of rotatable bonds is 1. The van der Waals surface area contributed by atoms with Gasteiger partial charge < -0.3 is 10.2 Å². The third kappa shape index (κ3) is 1.63. The van der Waals surface area contributed by atoms with Gasteiger partial charge in [0.25, 0.3) is 0 Å². The van der Waals surface area contributed by atoms with Crippen LogP contribution in [0.1, 0.15) is 6.92 Å². The maximum Gasteiger partial charge on any atom is 0.404 e. The van der Waals surface area contributed by atoms with Crippen molar-refractivity contribution in [2.24, 2.45) is 11.8 Å². The van der Waals surface area contributed by atoms with E-state index in [1.165, 1.54) is 0 Å². The van der Waals surface area contributed by atoms with E-state index in [1.807, 2.05) is 6.92 Å². The van der Waals surface area contributed by atoms with Crippen LogP contribution in [0.2, 0.25) is 0 Å². The fraction of sp³-hybridized carbons (Fsp3) is 1.00. The molecule has 2 aliphatic rings. The SMILES string of the molecule is CCN1C[C@@H]2CN[C@H](C(F)(F)F)[C@@H]2C1. The van der Waals surface area contributed by atoms with Gasteiger partial charge in [-0.25, -0.2) is 0 Å². The van der Waals surface area contributed by atoms with Crippen molar-refractivity contribution in [3.63, 3.8) is 0 Å². The summed E-state index contributed by atoms with van der Waals surface area (Å²) in [6.07, 6.45) is -4.08. The van der Waals surface area contributed by atoms with Gasteiger partial charge in [0.2, 0.25) is 0 Å². The number of hydrogen-bond donors (Lipinski definition) is 1. The quantitative estimate of drug-likeness (QED) is 0.694. The number of hydrogen-bond acceptors (Lipinski definition) is 2. The maximum atomic E-state index is 12.5. The van der Waals surface area contributed by atoms with Gasteiger partial charge in [0.15, 0.2) is 0 Å². The van der Waals surface area contributed by atoms with E-state index >= 15 is 0 Å². The van der Waals surface area contributed by atoms with Gasteiger partial charge in [0, 0.05) is 25.6 Å². The van der Waals surface area contributed by atoms with E-state index in [0.29, 0.717) is 13.1 Å². The molecule has 3 atom stereocenters. The molecule has 0 aliphatic carbocycles. The predicted octanol–water partition coefficient (Wildman–Crippen LogP) is 1.09. The van der Waals surface area contributed by atoms with Gasteiger partial charge in [-0.05, 0) is 12.5 Å². The summed E-state index contributed by atoms with van der Waals surface area (Å²) >= 11 is 0. The Morgan fingerprint density at radius 2 is 2.07 bits per heavy atom. The highest BCUT2D eigenvalue weighted by Crippen LogP contribution is 2.38. The molecule has 0 amide bonds. The van der Waals surface area contributed by atoms with E-state index in [4.69, 9.17) is 0 Å². The van der Waals surface area contributed by atoms with Crippen LogP contribution >= 0.6 is 0 Å². The standard InChI is InChI=1S/C9H15F3N2/c1-2-14-4-6-3-13-8(7(6)5-14)9(10,11)12/h6-8,13H,2-5H2,1H3/t6-,7+,8-/m0/s1. The topological polar surface area (TPSA) is 15.3 Å². The monoisotopic (exact) mass is 208 g/mol. The van der Waals surface area contributed by atoms with Gasteiger partial charge in [-0.2, -0.15) is 13.2 Å². The highest BCUT2D eigenvalue weighted by Gasteiger charge is 2.53. The van der Waals surface area contributed by atoms with Crippen LogP contribution in [0.25, 0.3) is 0 Å². The average Bonchev–Trinajstić information content (AvgIpc) is 2.57. The summed E-state index contributed by atoms with van der Waals surface area (Å²) in [5.41, 5.74) is 0. The number of likely N-dealkylation sites (tertiary alicyclic amines) is 1. The minimum atomic E-state index is -4.08. The summed E-state index contributed by atoms with van der Waals surface area (Å²) in [4.78, 5) is 2.11. The van der Waals surface area contributed by atoms with Crippen LogP contribution in [0.4, 0.5) is 13.2 Å². The van der Waals surface area contributed by atoms with E-state index in [1.54, 1.807) is 0 Å². The van der Waals surface area contributed by atoms with Crippen molar-refractivity contribution >= 4 is 0 Å². The molecule has 2 aliphatic heterocycles. The average molecular weight is 208 g/mol. The van der Waals surface area contributed by atoms with Crippen LogP contribution in [0.15, 0.2) is 0 Å². The molecule has 0 aromatic rings. The first-order valence-corrected chi connectivity index (χ1v) is 5.05. The zero-order chi connectivity index (χ0) is 10.3. The molecule has 2 fully saturated rings. The molecule has 1 N–H and O–H groups in total. The number of nitrogens with one attached hydrogen (secondary N) is 1. The van der Waals surface area contributed by atoms with Gasteiger partial charge in [-0.15, -0.1) is 0 Å². The largest absolute Gasteiger partial charge is 0.404 e. The van der Waals surface area contributed by atoms with Crippen molar-refractivity contribution < 1.29 is 13.2 Å². The first-order chi connectivity index (χ1) is 6.52. The van der Waals surface area contributed by atoms with E-state index in [2.05, 4.69) is 10.2 Å². The summed E-state index contributed by atoms with van der Waals surface area (Å²) in [7, 11) is 0. The molecule has 14 heavy (non-hydrogen) atoms. The first-order valence-electron chi connectivity index (χ1n) is 5.05. The molecule has 0 unspecified atom stereocenters. The highest BCUT2D eigenvalue weighted by molar-refractivity contribution is 5.00. The molecule has 82 valence electrons. The Labute approximate surface area is 81.5 Å². The number of halogens is 3. The van der Waals surface area contributed by atoms with Crippen molar-refractivity contribution in [2.75, 3.05) is 26.2 Å². The predicted molar refractivity (Wildman–Crippen MR) is 46.9 cm³/mol. The van der Waals surface area contributed by atoms with E-state index in [-0.39, 0.29) is 11.8 Å². The molecule has 0 spiro atoms. The van der Waals surface area contributed by atoms with E-state index in [0.717, 1.165) is 13.1 Å². The molecule has 0 bridgehead atoms. The molecular formula is C9H15F3N2. The van der Waals surface area contributed by atoms with Gasteiger partial charge in [-0.1, -0.05) is 6.92 Å². The van der Waals surface area contributed by atoms with Crippen LogP contribution in [0, 0.1) is 11.8 Å². The lowest BCUT2D eigenvalue weighted by molar-refractivity contribution is -0.161. The molecule has 0 saturated carbocycles. The molecular weight excluding hydrogens is 193 g/mol. The minimum Gasteiger partial charge on any atom is -0.306 e. The summed E-state index contributed by atoms with van der Waals surface area (Å²) in [6, 6.07) is -1.27. The van der Waals surface area contributed by atoms with Gasteiger partial charge in [0.05, 0.1) is 0 Å². The summed E-state index contributed by atoms with van der Waals surface area (Å²) in [6.45, 7) is 4.79. The second kappa shape index (κ2) is 3.38. The lowest BCUT2D eigenvalue weighted by Gasteiger charge is -2.22. The lowest BCUT2D eigenvalue weighted by atomic mass is 9.94. The second-order valence-corrected chi connectivity index (χ2v) is 4.20. The van der Waals surface area contributed by atoms with E-state index < -0.39 is 12.2 Å². The molecule has 2 heterocycles. The van der Waals surface area contributed by atoms with Gasteiger partial charge in [0.1, 0.15) is 6.04 Å². The van der Waals surface area contributed by atoms with Crippen molar-refractivity contribution in [1.29, 1.82) is 0 Å². The highest BCUT2D eigenvalue weighted by atomic mass is 19.4. The smallest absolute Gasteiger partial charge is 0.306 e. The van der Waals surface area contributed by atoms with Gasteiger partial charge >= 0.3 is 6.18 Å². The zero-order valence-electron chi connectivity index (χ0n) is 8.14. The molecule has 2 nitrogen and oxygen atoms in total. The van der Waals surface area contributed by atoms with Crippen molar-refractivity contribution in [2.45, 2.75) is 19.1 Å². The molecule has 0 aromatic heterocycles. The number of fused-ring (bicyclic) bond motifs is 1. The Morgan fingerprint density at radius 3 is 2.64 bits per heavy atom. The fourth-order valence-electron chi connectivity index (χ4n) is 2.63. The maximum absolute atomic E-state index is 12.5. The van der Waals surface area contributed by atoms with Crippen LogP contribution in [0.3, 0.4) is 0 Å². The first kappa shape index (κ1) is 10.2. The fourth-order valence-corrected chi connectivity index (χ4v) is 2.63. The van der Waals surface area contributed by atoms with E-state index in [9.17, 15) is 13.2 Å². The van der Waals surface area contributed by atoms with Crippen molar-refractivity contribution in [3.8, 4) is 0 Å². The van der Waals surface area contributed by atoms with Crippen LogP contribution in [0.5, 0.6) is 0 Å². The Hall–Kier alpha value is -0.290. The molecule has 5 heteroatoms.